The van der Waals surface area contributed by atoms with Gasteiger partial charge in [-0.1, -0.05) is 0 Å². The van der Waals surface area contributed by atoms with Crippen LogP contribution in [0.25, 0.3) is 11.3 Å². The van der Waals surface area contributed by atoms with Crippen molar-refractivity contribution in [3.05, 3.63) is 35.0 Å². The van der Waals surface area contributed by atoms with Crippen LogP contribution in [0.5, 0.6) is 11.5 Å². The number of aryl methyl sites for hydroxylation is 1. The highest BCUT2D eigenvalue weighted by Crippen LogP contribution is 2.40. The number of hydrogen-bond donors (Lipinski definition) is 1. The van der Waals surface area contributed by atoms with E-state index in [-0.39, 0.29) is 17.2 Å². The minimum Gasteiger partial charge on any atom is -0.493 e. The molecule has 1 aromatic heterocycles. The van der Waals surface area contributed by atoms with Gasteiger partial charge in [0.25, 0.3) is 5.91 Å². The number of rotatable bonds is 4. The van der Waals surface area contributed by atoms with Gasteiger partial charge >= 0.3 is 5.97 Å². The Morgan fingerprint density at radius 2 is 1.62 bits per heavy atom. The molecule has 1 aromatic carbocycles. The molecule has 0 radical (unpaired) electrons. The lowest BCUT2D eigenvalue weighted by molar-refractivity contribution is 0.0630. The number of amides is 1. The van der Waals surface area contributed by atoms with Gasteiger partial charge in [-0.2, -0.15) is 0 Å². The normalized spacial score (nSPS) is 16.2. The highest BCUT2D eigenvalue weighted by Gasteiger charge is 2.32. The lowest BCUT2D eigenvalue weighted by atomic mass is 9.97. The number of methoxy groups -OCH3 is 2. The standard InChI is InChI=1S/C21H25N3O5/c1-22-6-8-23(9-7-22)20(25)15-11-16-14-12-18(29-3)17(28-2)10-13(14)4-5-24(16)19(15)21(26)27/h10-12H,4-9H2,1-3H3,(H,26,27). The maximum Gasteiger partial charge on any atom is 0.353 e. The molecule has 4 rings (SSSR count). The largest absolute Gasteiger partial charge is 0.493 e. The van der Waals surface area contributed by atoms with Crippen LogP contribution in [0, 0.1) is 0 Å². The molecule has 3 heterocycles. The average molecular weight is 399 g/mol. The summed E-state index contributed by atoms with van der Waals surface area (Å²) in [5.41, 5.74) is 2.95. The molecule has 2 aromatic rings. The summed E-state index contributed by atoms with van der Waals surface area (Å²) in [6, 6.07) is 5.50. The quantitative estimate of drug-likeness (QED) is 0.844. The predicted octanol–water partition coefficient (Wildman–Crippen LogP) is 1.81. The molecule has 1 saturated heterocycles. The molecule has 0 saturated carbocycles. The Hall–Kier alpha value is -3.00. The Morgan fingerprint density at radius 1 is 0.966 bits per heavy atom. The molecule has 2 aliphatic rings. The van der Waals surface area contributed by atoms with E-state index in [9.17, 15) is 14.7 Å². The fourth-order valence-corrected chi connectivity index (χ4v) is 4.18. The van der Waals surface area contributed by atoms with E-state index in [1.165, 1.54) is 0 Å². The molecule has 1 amide bonds. The van der Waals surface area contributed by atoms with E-state index >= 15 is 0 Å². The van der Waals surface area contributed by atoms with E-state index in [1.807, 2.05) is 19.2 Å². The first kappa shape index (κ1) is 19.3. The fourth-order valence-electron chi connectivity index (χ4n) is 4.18. The smallest absolute Gasteiger partial charge is 0.353 e. The first-order valence-corrected chi connectivity index (χ1v) is 9.64. The van der Waals surface area contributed by atoms with Gasteiger partial charge in [0.15, 0.2) is 11.5 Å². The zero-order valence-electron chi connectivity index (χ0n) is 16.9. The molecule has 0 aliphatic carbocycles. The zero-order chi connectivity index (χ0) is 20.7. The van der Waals surface area contributed by atoms with Crippen molar-refractivity contribution in [3.63, 3.8) is 0 Å². The van der Waals surface area contributed by atoms with Gasteiger partial charge in [-0.3, -0.25) is 4.79 Å². The maximum atomic E-state index is 13.2. The first-order valence-electron chi connectivity index (χ1n) is 9.64. The first-order chi connectivity index (χ1) is 13.9. The van der Waals surface area contributed by atoms with Crippen molar-refractivity contribution in [2.45, 2.75) is 13.0 Å². The van der Waals surface area contributed by atoms with Crippen molar-refractivity contribution in [2.24, 2.45) is 0 Å². The summed E-state index contributed by atoms with van der Waals surface area (Å²) in [4.78, 5) is 29.2. The van der Waals surface area contributed by atoms with E-state index in [0.29, 0.717) is 37.6 Å². The molecule has 0 bridgehead atoms. The topological polar surface area (TPSA) is 84.2 Å². The second-order valence-electron chi connectivity index (χ2n) is 7.46. The van der Waals surface area contributed by atoms with Crippen LogP contribution in [0.2, 0.25) is 0 Å². The number of aromatic nitrogens is 1. The number of benzene rings is 1. The van der Waals surface area contributed by atoms with E-state index in [4.69, 9.17) is 9.47 Å². The Kier molecular flexibility index (Phi) is 4.96. The predicted molar refractivity (Wildman–Crippen MR) is 107 cm³/mol. The van der Waals surface area contributed by atoms with E-state index < -0.39 is 5.97 Å². The third kappa shape index (κ3) is 3.23. The second kappa shape index (κ2) is 7.44. The molecule has 8 heteroatoms. The average Bonchev–Trinajstić information content (AvgIpc) is 3.13. The lowest BCUT2D eigenvalue weighted by Crippen LogP contribution is -2.47. The third-order valence-corrected chi connectivity index (χ3v) is 5.81. The zero-order valence-corrected chi connectivity index (χ0v) is 16.9. The van der Waals surface area contributed by atoms with Crippen LogP contribution < -0.4 is 9.47 Å². The van der Waals surface area contributed by atoms with Crippen LogP contribution in [0.1, 0.15) is 26.4 Å². The summed E-state index contributed by atoms with van der Waals surface area (Å²) in [6.45, 7) is 3.24. The fraction of sp³-hybridized carbons (Fsp3) is 0.429. The molecular weight excluding hydrogens is 374 g/mol. The molecule has 0 spiro atoms. The molecule has 8 nitrogen and oxygen atoms in total. The van der Waals surface area contributed by atoms with Crippen LogP contribution in [0.4, 0.5) is 0 Å². The highest BCUT2D eigenvalue weighted by atomic mass is 16.5. The number of ether oxygens (including phenoxy) is 2. The summed E-state index contributed by atoms with van der Waals surface area (Å²) < 4.78 is 12.6. The molecular formula is C21H25N3O5. The van der Waals surface area contributed by atoms with Crippen LogP contribution in [0.3, 0.4) is 0 Å². The van der Waals surface area contributed by atoms with Gasteiger partial charge in [0, 0.05) is 44.0 Å². The van der Waals surface area contributed by atoms with Crippen molar-refractivity contribution >= 4 is 11.9 Å². The monoisotopic (exact) mass is 399 g/mol. The molecule has 1 N–H and O–H groups in total. The molecule has 0 unspecified atom stereocenters. The van der Waals surface area contributed by atoms with Crippen molar-refractivity contribution in [1.29, 1.82) is 0 Å². The number of likely N-dealkylation sites (N-methyl/N-ethyl adjacent to an activating group) is 1. The number of hydrogen-bond acceptors (Lipinski definition) is 5. The number of carbonyl (C=O) groups is 2. The van der Waals surface area contributed by atoms with E-state index in [2.05, 4.69) is 4.90 Å². The summed E-state index contributed by atoms with van der Waals surface area (Å²) >= 11 is 0. The molecule has 2 aliphatic heterocycles. The number of nitrogens with zero attached hydrogens (tertiary/aromatic N) is 3. The second-order valence-corrected chi connectivity index (χ2v) is 7.46. The van der Waals surface area contributed by atoms with Gasteiger partial charge < -0.3 is 28.9 Å². The van der Waals surface area contributed by atoms with Crippen LogP contribution in [-0.4, -0.2) is 78.8 Å². The highest BCUT2D eigenvalue weighted by molar-refractivity contribution is 6.06. The molecule has 29 heavy (non-hydrogen) atoms. The third-order valence-electron chi connectivity index (χ3n) is 5.81. The van der Waals surface area contributed by atoms with Crippen LogP contribution in [-0.2, 0) is 13.0 Å². The van der Waals surface area contributed by atoms with Crippen LogP contribution in [0.15, 0.2) is 18.2 Å². The summed E-state index contributed by atoms with van der Waals surface area (Å²) in [6.07, 6.45) is 0.653. The SMILES string of the molecule is COc1cc2c(cc1OC)-c1cc(C(=O)N3CCN(C)CC3)c(C(=O)O)n1CC2. The summed E-state index contributed by atoms with van der Waals surface area (Å²) in [5.74, 6) is -0.0970. The van der Waals surface area contributed by atoms with E-state index in [1.54, 1.807) is 29.8 Å². The molecule has 154 valence electrons. The van der Waals surface area contributed by atoms with Crippen molar-refractivity contribution in [2.75, 3.05) is 47.4 Å². The Bertz CT molecular complexity index is 973. The lowest BCUT2D eigenvalue weighted by Gasteiger charge is -2.32. The maximum absolute atomic E-state index is 13.2. The van der Waals surface area contributed by atoms with Crippen molar-refractivity contribution in [3.8, 4) is 22.8 Å². The number of carboxylic acid groups (broad SMARTS) is 1. The Balaban J connectivity index is 1.81. The van der Waals surface area contributed by atoms with Gasteiger partial charge in [-0.25, -0.2) is 4.79 Å². The van der Waals surface area contributed by atoms with Crippen LogP contribution >= 0.6 is 0 Å². The number of aromatic carboxylic acids is 1. The van der Waals surface area contributed by atoms with Gasteiger partial charge in [0.05, 0.1) is 19.8 Å². The van der Waals surface area contributed by atoms with Gasteiger partial charge in [0.2, 0.25) is 0 Å². The molecule has 0 atom stereocenters. The number of fused-ring (bicyclic) bond motifs is 3. The molecule has 1 fully saturated rings. The van der Waals surface area contributed by atoms with Gasteiger partial charge in [-0.15, -0.1) is 0 Å². The Morgan fingerprint density at radius 3 is 2.24 bits per heavy atom. The minimum atomic E-state index is -1.09. The van der Waals surface area contributed by atoms with Crippen molar-refractivity contribution < 1.29 is 24.2 Å². The number of piperazine rings is 1. The summed E-state index contributed by atoms with van der Waals surface area (Å²) in [5, 5.41) is 9.89. The minimum absolute atomic E-state index is 0.0596. The number of carbonyl (C=O) groups excluding carboxylic acids is 1. The van der Waals surface area contributed by atoms with Gasteiger partial charge in [-0.05, 0) is 37.2 Å². The van der Waals surface area contributed by atoms with Gasteiger partial charge in [0.1, 0.15) is 5.69 Å². The Labute approximate surface area is 169 Å². The van der Waals surface area contributed by atoms with Crippen molar-refractivity contribution in [1.82, 2.24) is 14.4 Å². The van der Waals surface area contributed by atoms with E-state index in [0.717, 1.165) is 29.9 Å². The number of carboxylic acids is 1. The summed E-state index contributed by atoms with van der Waals surface area (Å²) in [7, 11) is 5.17.